The summed E-state index contributed by atoms with van der Waals surface area (Å²) in [6.45, 7) is 8.39. The minimum absolute atomic E-state index is 0.537. The van der Waals surface area contributed by atoms with Crippen molar-refractivity contribution in [3.05, 3.63) is 24.5 Å². The molecule has 0 fully saturated rings. The Morgan fingerprint density at radius 1 is 1.37 bits per heavy atom. The molecule has 2 heterocycles. The van der Waals surface area contributed by atoms with Crippen LogP contribution in [0.3, 0.4) is 0 Å². The maximum atomic E-state index is 5.74. The van der Waals surface area contributed by atoms with E-state index in [1.165, 1.54) is 6.04 Å². The van der Waals surface area contributed by atoms with Gasteiger partial charge in [0.05, 0.1) is 5.69 Å². The van der Waals surface area contributed by atoms with E-state index in [4.69, 9.17) is 10.6 Å². The van der Waals surface area contributed by atoms with Crippen LogP contribution in [0.25, 0.3) is 11.0 Å². The van der Waals surface area contributed by atoms with Gasteiger partial charge in [-0.2, -0.15) is 0 Å². The van der Waals surface area contributed by atoms with Crippen LogP contribution >= 0.6 is 0 Å². The molecule has 0 unspecified atom stereocenters. The van der Waals surface area contributed by atoms with Crippen molar-refractivity contribution in [1.82, 2.24) is 9.55 Å². The molecule has 6 heteroatoms. The number of pyridine rings is 1. The molecular weight excluding hydrogens is 256 g/mol. The Hall–Kier alpha value is -1.37. The van der Waals surface area contributed by atoms with Crippen LogP contribution in [0.4, 0.5) is 5.69 Å². The highest BCUT2D eigenvalue weighted by molar-refractivity contribution is 6.76. The fourth-order valence-corrected chi connectivity index (χ4v) is 2.62. The van der Waals surface area contributed by atoms with Crippen molar-refractivity contribution >= 4 is 24.8 Å². The molecule has 5 nitrogen and oxygen atoms in total. The topological polar surface area (TPSA) is 65.1 Å². The van der Waals surface area contributed by atoms with Crippen molar-refractivity contribution in [1.29, 1.82) is 0 Å². The first-order valence-electron chi connectivity index (χ1n) is 6.49. The second kappa shape index (κ2) is 5.73. The van der Waals surface area contributed by atoms with Gasteiger partial charge in [-0.05, 0) is 18.2 Å². The molecule has 2 rings (SSSR count). The largest absolute Gasteiger partial charge is 0.361 e. The number of nitrogen functional groups attached to an aromatic ring is 1. The van der Waals surface area contributed by atoms with Gasteiger partial charge >= 0.3 is 0 Å². The quantitative estimate of drug-likeness (QED) is 0.369. The van der Waals surface area contributed by atoms with Crippen LogP contribution in [0.15, 0.2) is 24.5 Å². The van der Waals surface area contributed by atoms with E-state index in [0.717, 1.165) is 23.3 Å². The molecule has 0 aliphatic carbocycles. The highest BCUT2D eigenvalue weighted by Gasteiger charge is 2.12. The number of nitrogens with one attached hydrogen (secondary N) is 1. The van der Waals surface area contributed by atoms with Crippen LogP contribution in [-0.4, -0.2) is 24.2 Å². The number of fused-ring (bicyclic) bond motifs is 1. The SMILES string of the molecule is C[Si](C)(C)CCOCn1ccc2c(NN)ccnc21. The summed E-state index contributed by atoms with van der Waals surface area (Å²) in [6.07, 6.45) is 3.73. The number of aromatic nitrogens is 2. The first-order chi connectivity index (χ1) is 9.01. The summed E-state index contributed by atoms with van der Waals surface area (Å²) in [7, 11) is -1.02. The first kappa shape index (κ1) is 14.0. The standard InChI is InChI=1S/C13H22N4OSi/c1-19(2,3)9-8-18-10-17-7-5-11-12(16-14)4-6-15-13(11)17/h4-7H,8-10,14H2,1-3H3,(H,15,16). The van der Waals surface area contributed by atoms with Crippen LogP contribution in [0, 0.1) is 0 Å². The summed E-state index contributed by atoms with van der Waals surface area (Å²) >= 11 is 0. The molecule has 0 radical (unpaired) electrons. The molecule has 2 aromatic heterocycles. The number of hydrazine groups is 1. The third-order valence-electron chi connectivity index (χ3n) is 3.04. The van der Waals surface area contributed by atoms with Gasteiger partial charge in [-0.3, -0.25) is 5.84 Å². The summed E-state index contributed by atoms with van der Waals surface area (Å²) in [5.74, 6) is 5.48. The van der Waals surface area contributed by atoms with Gasteiger partial charge < -0.3 is 14.7 Å². The van der Waals surface area contributed by atoms with Gasteiger partial charge in [0.2, 0.25) is 0 Å². The van der Waals surface area contributed by atoms with Gasteiger partial charge in [-0.15, -0.1) is 0 Å². The Bertz CT molecular complexity index is 547. The van der Waals surface area contributed by atoms with Crippen molar-refractivity contribution in [2.24, 2.45) is 5.84 Å². The van der Waals surface area contributed by atoms with Gasteiger partial charge in [0.25, 0.3) is 0 Å². The molecule has 0 atom stereocenters. The van der Waals surface area contributed by atoms with E-state index in [9.17, 15) is 0 Å². The van der Waals surface area contributed by atoms with Gasteiger partial charge in [0, 0.05) is 32.5 Å². The smallest absolute Gasteiger partial charge is 0.143 e. The normalized spacial score (nSPS) is 12.0. The number of ether oxygens (including phenoxy) is 1. The van der Waals surface area contributed by atoms with Crippen LogP contribution in [0.5, 0.6) is 0 Å². The molecule has 19 heavy (non-hydrogen) atoms. The molecular formula is C13H22N4OSi. The van der Waals surface area contributed by atoms with Crippen LogP contribution in [-0.2, 0) is 11.5 Å². The van der Waals surface area contributed by atoms with Crippen molar-refractivity contribution < 1.29 is 4.74 Å². The molecule has 0 aliphatic rings. The zero-order valence-corrected chi connectivity index (χ0v) is 12.8. The Kier molecular flexibility index (Phi) is 4.23. The summed E-state index contributed by atoms with van der Waals surface area (Å²) in [4.78, 5) is 4.37. The number of anilines is 1. The average molecular weight is 278 g/mol. The zero-order chi connectivity index (χ0) is 13.9. The lowest BCUT2D eigenvalue weighted by atomic mass is 10.3. The molecule has 0 spiro atoms. The van der Waals surface area contributed by atoms with Crippen molar-refractivity contribution in [2.45, 2.75) is 32.4 Å². The lowest BCUT2D eigenvalue weighted by Crippen LogP contribution is -2.22. The predicted octanol–water partition coefficient (Wildman–Crippen LogP) is 2.63. The second-order valence-electron chi connectivity index (χ2n) is 5.87. The van der Waals surface area contributed by atoms with Crippen molar-refractivity contribution in [3.63, 3.8) is 0 Å². The van der Waals surface area contributed by atoms with Gasteiger partial charge in [-0.1, -0.05) is 19.6 Å². The van der Waals surface area contributed by atoms with Gasteiger partial charge in [-0.25, -0.2) is 4.98 Å². The predicted molar refractivity (Wildman–Crippen MR) is 81.6 cm³/mol. The third-order valence-corrected chi connectivity index (χ3v) is 4.75. The Morgan fingerprint density at radius 3 is 2.84 bits per heavy atom. The second-order valence-corrected chi connectivity index (χ2v) is 11.5. The van der Waals surface area contributed by atoms with Crippen LogP contribution in [0.1, 0.15) is 0 Å². The fourth-order valence-electron chi connectivity index (χ4n) is 1.86. The summed E-state index contributed by atoms with van der Waals surface area (Å²) in [5, 5.41) is 1.01. The van der Waals surface area contributed by atoms with Gasteiger partial charge in [0.15, 0.2) is 0 Å². The minimum atomic E-state index is -1.02. The summed E-state index contributed by atoms with van der Waals surface area (Å²) in [6, 6.07) is 5.04. The van der Waals surface area contributed by atoms with Crippen molar-refractivity contribution in [3.8, 4) is 0 Å². The lowest BCUT2D eigenvalue weighted by Gasteiger charge is -2.15. The lowest BCUT2D eigenvalue weighted by molar-refractivity contribution is 0.0899. The van der Waals surface area contributed by atoms with E-state index in [1.807, 2.05) is 22.9 Å². The molecule has 0 aromatic carbocycles. The molecule has 2 aromatic rings. The monoisotopic (exact) mass is 278 g/mol. The Morgan fingerprint density at radius 2 is 2.16 bits per heavy atom. The highest BCUT2D eigenvalue weighted by atomic mass is 28.3. The highest BCUT2D eigenvalue weighted by Crippen LogP contribution is 2.21. The molecule has 0 saturated heterocycles. The maximum absolute atomic E-state index is 5.74. The maximum Gasteiger partial charge on any atom is 0.143 e. The Labute approximate surface area is 114 Å². The number of nitrogens with zero attached hydrogens (tertiary/aromatic N) is 2. The molecule has 0 aliphatic heterocycles. The number of rotatable bonds is 6. The first-order valence-corrected chi connectivity index (χ1v) is 10.2. The molecule has 0 saturated carbocycles. The van der Waals surface area contributed by atoms with Crippen LogP contribution < -0.4 is 11.3 Å². The molecule has 104 valence electrons. The average Bonchev–Trinajstić information content (AvgIpc) is 2.76. The molecule has 3 N–H and O–H groups in total. The zero-order valence-electron chi connectivity index (χ0n) is 11.8. The number of nitrogens with two attached hydrogens (primary N) is 1. The van der Waals surface area contributed by atoms with Crippen molar-refractivity contribution in [2.75, 3.05) is 12.0 Å². The van der Waals surface area contributed by atoms with E-state index in [2.05, 4.69) is 30.1 Å². The minimum Gasteiger partial charge on any atom is -0.361 e. The van der Waals surface area contributed by atoms with E-state index < -0.39 is 8.07 Å². The third kappa shape index (κ3) is 3.56. The number of hydrogen-bond donors (Lipinski definition) is 2. The molecule has 0 bridgehead atoms. The van der Waals surface area contributed by atoms with E-state index in [1.54, 1.807) is 6.20 Å². The van der Waals surface area contributed by atoms with E-state index in [0.29, 0.717) is 6.73 Å². The van der Waals surface area contributed by atoms with Crippen LogP contribution in [0.2, 0.25) is 25.7 Å². The fraction of sp³-hybridized carbons (Fsp3) is 0.462. The van der Waals surface area contributed by atoms with E-state index in [-0.39, 0.29) is 0 Å². The summed E-state index contributed by atoms with van der Waals surface area (Å²) in [5.41, 5.74) is 4.45. The number of hydrogen-bond acceptors (Lipinski definition) is 4. The van der Waals surface area contributed by atoms with E-state index >= 15 is 0 Å². The molecule has 0 amide bonds. The Balaban J connectivity index is 2.02. The van der Waals surface area contributed by atoms with Gasteiger partial charge in [0.1, 0.15) is 12.4 Å². The summed E-state index contributed by atoms with van der Waals surface area (Å²) < 4.78 is 7.74.